The van der Waals surface area contributed by atoms with Crippen LogP contribution in [0.4, 0.5) is 11.4 Å². The molecular weight excluding hydrogens is 415 g/mol. The number of nitrogens with one attached hydrogen (secondary N) is 2. The van der Waals surface area contributed by atoms with E-state index in [1.54, 1.807) is 35.0 Å². The van der Waals surface area contributed by atoms with Crippen LogP contribution in [0.15, 0.2) is 61.3 Å². The summed E-state index contributed by atoms with van der Waals surface area (Å²) in [6, 6.07) is 12.6. The number of nitrogens with two attached hydrogens (primary N) is 1. The zero-order valence-electron chi connectivity index (χ0n) is 18.6. The van der Waals surface area contributed by atoms with Crippen LogP contribution in [0.3, 0.4) is 0 Å². The normalized spacial score (nSPS) is 12.3. The van der Waals surface area contributed by atoms with Crippen molar-refractivity contribution in [3.63, 3.8) is 0 Å². The van der Waals surface area contributed by atoms with Crippen molar-refractivity contribution in [2.75, 3.05) is 11.9 Å². The molecule has 160 valence electrons. The molecule has 0 aliphatic rings. The van der Waals surface area contributed by atoms with Gasteiger partial charge < -0.3 is 16.4 Å². The first-order valence-electron chi connectivity index (χ1n) is 9.73. The Morgan fingerprint density at radius 3 is 2.72 bits per heavy atom. The van der Waals surface area contributed by atoms with Crippen molar-refractivity contribution in [3.8, 4) is 0 Å². The Kier molecular flexibility index (Phi) is 8.38. The van der Waals surface area contributed by atoms with Gasteiger partial charge in [0.05, 0.1) is 11.2 Å². The van der Waals surface area contributed by atoms with Crippen molar-refractivity contribution in [1.29, 1.82) is 5.41 Å². The SMILES string of the molecule is C=CC(C)(C[N-]c1ccccc1C(=O)Nc1ccc2cn(C)nc2c1)CC(=N)C(N)=O.[Na+]. The topological polar surface area (TPSA) is 128 Å². The molecule has 0 fully saturated rings. The van der Waals surface area contributed by atoms with Crippen LogP contribution in [0.5, 0.6) is 0 Å². The summed E-state index contributed by atoms with van der Waals surface area (Å²) in [5.41, 5.74) is 6.72. The summed E-state index contributed by atoms with van der Waals surface area (Å²) in [4.78, 5) is 24.2. The fraction of sp³-hybridized carbons (Fsp3) is 0.217. The molecule has 32 heavy (non-hydrogen) atoms. The fourth-order valence-corrected chi connectivity index (χ4v) is 3.17. The molecular formula is C23H25N6NaO2. The van der Waals surface area contributed by atoms with Gasteiger partial charge in [-0.2, -0.15) is 5.10 Å². The quantitative estimate of drug-likeness (QED) is 0.260. The molecule has 0 saturated heterocycles. The van der Waals surface area contributed by atoms with Crippen LogP contribution in [0, 0.1) is 10.8 Å². The third kappa shape index (κ3) is 6.06. The van der Waals surface area contributed by atoms with E-state index in [1.807, 2.05) is 38.4 Å². The number of rotatable bonds is 9. The van der Waals surface area contributed by atoms with Gasteiger partial charge in [-0.1, -0.05) is 37.3 Å². The van der Waals surface area contributed by atoms with Gasteiger partial charge in [-0.05, 0) is 23.6 Å². The number of amides is 2. The van der Waals surface area contributed by atoms with E-state index >= 15 is 0 Å². The van der Waals surface area contributed by atoms with E-state index in [2.05, 4.69) is 22.3 Å². The molecule has 9 heteroatoms. The van der Waals surface area contributed by atoms with Crippen LogP contribution in [-0.4, -0.2) is 33.9 Å². The first-order valence-corrected chi connectivity index (χ1v) is 9.73. The number of anilines is 1. The maximum atomic E-state index is 12.9. The second-order valence-electron chi connectivity index (χ2n) is 7.74. The zero-order chi connectivity index (χ0) is 22.6. The van der Waals surface area contributed by atoms with Crippen molar-refractivity contribution in [1.82, 2.24) is 9.78 Å². The van der Waals surface area contributed by atoms with Crippen molar-refractivity contribution >= 4 is 39.8 Å². The molecule has 1 atom stereocenters. The molecule has 0 radical (unpaired) electrons. The largest absolute Gasteiger partial charge is 1.00 e. The van der Waals surface area contributed by atoms with Crippen LogP contribution < -0.4 is 40.6 Å². The first kappa shape index (κ1) is 25.3. The Morgan fingerprint density at radius 1 is 1.31 bits per heavy atom. The van der Waals surface area contributed by atoms with Crippen molar-refractivity contribution in [2.45, 2.75) is 13.3 Å². The number of carbonyl (C=O) groups excluding carboxylic acids is 2. The van der Waals surface area contributed by atoms with E-state index in [1.165, 1.54) is 0 Å². The van der Waals surface area contributed by atoms with Crippen LogP contribution >= 0.6 is 0 Å². The molecule has 0 aliphatic heterocycles. The predicted octanol–water partition coefficient (Wildman–Crippen LogP) is 0.922. The number of hydrogen-bond donors (Lipinski definition) is 3. The molecule has 2 aromatic carbocycles. The van der Waals surface area contributed by atoms with Gasteiger partial charge in [0.25, 0.3) is 11.8 Å². The smallest absolute Gasteiger partial charge is 0.683 e. The summed E-state index contributed by atoms with van der Waals surface area (Å²) in [6.45, 7) is 5.89. The van der Waals surface area contributed by atoms with Gasteiger partial charge in [0.1, 0.15) is 0 Å². The second kappa shape index (κ2) is 10.6. The number of nitrogens with zero attached hydrogens (tertiary/aromatic N) is 3. The number of aromatic nitrogens is 2. The average molecular weight is 440 g/mol. The van der Waals surface area contributed by atoms with Gasteiger partial charge in [-0.3, -0.25) is 19.7 Å². The summed E-state index contributed by atoms with van der Waals surface area (Å²) in [5, 5.41) is 20.6. The number of para-hydroxylation sites is 1. The Morgan fingerprint density at radius 2 is 2.03 bits per heavy atom. The monoisotopic (exact) mass is 440 g/mol. The summed E-state index contributed by atoms with van der Waals surface area (Å²) < 4.78 is 1.72. The predicted molar refractivity (Wildman–Crippen MR) is 123 cm³/mol. The molecule has 1 unspecified atom stereocenters. The van der Waals surface area contributed by atoms with Gasteiger partial charge in [0, 0.05) is 36.3 Å². The molecule has 0 bridgehead atoms. The van der Waals surface area contributed by atoms with E-state index in [0.717, 1.165) is 10.9 Å². The van der Waals surface area contributed by atoms with E-state index in [-0.39, 0.29) is 54.1 Å². The minimum atomic E-state index is -0.766. The minimum Gasteiger partial charge on any atom is -0.683 e. The van der Waals surface area contributed by atoms with Gasteiger partial charge >= 0.3 is 29.6 Å². The van der Waals surface area contributed by atoms with Crippen LogP contribution in [0.2, 0.25) is 0 Å². The number of primary amides is 1. The summed E-state index contributed by atoms with van der Waals surface area (Å²) in [7, 11) is 1.85. The van der Waals surface area contributed by atoms with Crippen molar-refractivity contribution in [2.24, 2.45) is 18.2 Å². The maximum Gasteiger partial charge on any atom is 1.00 e. The molecule has 8 nitrogen and oxygen atoms in total. The number of benzene rings is 2. The molecule has 1 aromatic heterocycles. The Balaban J connectivity index is 0.00000363. The van der Waals surface area contributed by atoms with E-state index in [4.69, 9.17) is 11.1 Å². The number of carbonyl (C=O) groups is 2. The maximum absolute atomic E-state index is 12.9. The molecule has 3 aromatic rings. The Bertz CT molecular complexity index is 1170. The summed E-state index contributed by atoms with van der Waals surface area (Å²) in [5.74, 6) is -1.06. The Hall–Kier alpha value is -2.94. The number of aryl methyl sites for hydroxylation is 1. The average Bonchev–Trinajstić information content (AvgIpc) is 3.11. The standard InChI is InChI=1S/C23H26N6O2.Na/c1-4-23(2,12-18(24)21(25)30)14-26-19-8-6-5-7-17(19)22(31)27-16-10-9-15-13-29(3)28-20(15)11-16;/h4-11,13,24H,1,12,14H2,2-3H3,(H4,25,26,27,28,30,31);/q;+1/p-1. The van der Waals surface area contributed by atoms with Gasteiger partial charge in [0.2, 0.25) is 0 Å². The fourth-order valence-electron chi connectivity index (χ4n) is 3.17. The van der Waals surface area contributed by atoms with E-state index < -0.39 is 11.3 Å². The first-order chi connectivity index (χ1) is 14.7. The Labute approximate surface area is 209 Å². The molecule has 2 amide bonds. The third-order valence-electron chi connectivity index (χ3n) is 5.01. The molecule has 1 heterocycles. The van der Waals surface area contributed by atoms with Crippen molar-refractivity contribution < 1.29 is 39.1 Å². The molecule has 0 aliphatic carbocycles. The number of fused-ring (bicyclic) bond motifs is 1. The van der Waals surface area contributed by atoms with Crippen molar-refractivity contribution in [3.05, 3.63) is 72.2 Å². The number of hydrogen-bond acceptors (Lipinski definition) is 4. The summed E-state index contributed by atoms with van der Waals surface area (Å²) >= 11 is 0. The molecule has 0 saturated carbocycles. The molecule has 0 spiro atoms. The van der Waals surface area contributed by atoms with Crippen LogP contribution in [-0.2, 0) is 11.8 Å². The second-order valence-corrected chi connectivity index (χ2v) is 7.74. The van der Waals surface area contributed by atoms with Gasteiger partial charge in [0.15, 0.2) is 0 Å². The molecule has 3 rings (SSSR count). The summed E-state index contributed by atoms with van der Waals surface area (Å²) in [6.07, 6.45) is 3.68. The van der Waals surface area contributed by atoms with E-state index in [0.29, 0.717) is 16.9 Å². The van der Waals surface area contributed by atoms with Crippen LogP contribution in [0.1, 0.15) is 23.7 Å². The third-order valence-corrected chi connectivity index (χ3v) is 5.01. The van der Waals surface area contributed by atoms with E-state index in [9.17, 15) is 9.59 Å². The minimum absolute atomic E-state index is 0. The van der Waals surface area contributed by atoms with Gasteiger partial charge in [-0.25, -0.2) is 0 Å². The van der Waals surface area contributed by atoms with Gasteiger partial charge in [-0.15, -0.1) is 18.8 Å². The zero-order valence-corrected chi connectivity index (χ0v) is 20.6. The van der Waals surface area contributed by atoms with Crippen LogP contribution in [0.25, 0.3) is 16.2 Å². The molecule has 4 N–H and O–H groups in total.